The predicted molar refractivity (Wildman–Crippen MR) is 91.8 cm³/mol. The number of anilines is 2. The fourth-order valence-electron chi connectivity index (χ4n) is 2.94. The van der Waals surface area contributed by atoms with E-state index < -0.39 is 11.7 Å². The van der Waals surface area contributed by atoms with Crippen molar-refractivity contribution in [3.05, 3.63) is 63.0 Å². The number of nitrogens with zero attached hydrogens (tertiary/aromatic N) is 3. The third kappa shape index (κ3) is 3.56. The van der Waals surface area contributed by atoms with Crippen LogP contribution in [0.15, 0.2) is 41.7 Å². The Morgan fingerprint density at radius 1 is 1.16 bits per heavy atom. The summed E-state index contributed by atoms with van der Waals surface area (Å²) < 4.78 is 38.5. The van der Waals surface area contributed by atoms with Gasteiger partial charge in [0.2, 0.25) is 0 Å². The highest BCUT2D eigenvalue weighted by Gasteiger charge is 2.31. The first-order valence-electron chi connectivity index (χ1n) is 7.60. The van der Waals surface area contributed by atoms with E-state index in [1.807, 2.05) is 4.90 Å². The first kappa shape index (κ1) is 17.5. The van der Waals surface area contributed by atoms with Crippen molar-refractivity contribution in [3.8, 4) is 0 Å². The summed E-state index contributed by atoms with van der Waals surface area (Å²) in [6.07, 6.45) is -3.82. The second-order valence-electron chi connectivity index (χ2n) is 5.89. The van der Waals surface area contributed by atoms with Crippen LogP contribution in [0.1, 0.15) is 16.7 Å². The zero-order valence-electron chi connectivity index (χ0n) is 13.3. The van der Waals surface area contributed by atoms with Gasteiger partial charge in [-0.1, -0.05) is 17.7 Å². The number of nitroso groups, excluding NO2 is 1. The van der Waals surface area contributed by atoms with Gasteiger partial charge >= 0.3 is 6.18 Å². The van der Waals surface area contributed by atoms with Crippen LogP contribution in [0.3, 0.4) is 0 Å². The molecule has 0 radical (unpaired) electrons. The van der Waals surface area contributed by atoms with E-state index in [-0.39, 0.29) is 0 Å². The Hall–Kier alpha value is -2.28. The standard InChI is InChI=1S/C17H15ClF3N3O/c1-23(22-25)14-4-5-16(15(18)9-14)24-7-6-11-8-13(17(19,20)21)3-2-12(11)10-24/h2-5,8-9H,6-7,10H2,1H3. The quantitative estimate of drug-likeness (QED) is 0.561. The Labute approximate surface area is 147 Å². The number of alkyl halides is 3. The van der Waals surface area contributed by atoms with Gasteiger partial charge in [0, 0.05) is 20.1 Å². The SMILES string of the molecule is CN(N=O)c1ccc(N2CCc3cc(C(F)(F)F)ccc3C2)c(Cl)c1. The average molecular weight is 370 g/mol. The molecule has 1 aliphatic heterocycles. The average Bonchev–Trinajstić information content (AvgIpc) is 2.59. The number of hydrogen-bond acceptors (Lipinski definition) is 3. The zero-order chi connectivity index (χ0) is 18.2. The van der Waals surface area contributed by atoms with E-state index in [4.69, 9.17) is 11.6 Å². The molecule has 0 bridgehead atoms. The smallest absolute Gasteiger partial charge is 0.366 e. The second-order valence-corrected chi connectivity index (χ2v) is 6.30. The van der Waals surface area contributed by atoms with Gasteiger partial charge in [0.05, 0.1) is 27.2 Å². The van der Waals surface area contributed by atoms with Crippen molar-refractivity contribution in [2.75, 3.05) is 23.5 Å². The van der Waals surface area contributed by atoms with Crippen LogP contribution in [-0.4, -0.2) is 13.6 Å². The van der Waals surface area contributed by atoms with Crippen LogP contribution in [0, 0.1) is 4.91 Å². The van der Waals surface area contributed by atoms with Crippen LogP contribution in [0.25, 0.3) is 0 Å². The Balaban J connectivity index is 1.85. The van der Waals surface area contributed by atoms with Crippen LogP contribution in [0.2, 0.25) is 5.02 Å². The minimum atomic E-state index is -4.33. The molecule has 4 nitrogen and oxygen atoms in total. The molecular formula is C17H15ClF3N3O. The monoisotopic (exact) mass is 369 g/mol. The highest BCUT2D eigenvalue weighted by molar-refractivity contribution is 6.33. The summed E-state index contributed by atoms with van der Waals surface area (Å²) in [7, 11) is 1.52. The van der Waals surface area contributed by atoms with Gasteiger partial charge in [-0.3, -0.25) is 0 Å². The fourth-order valence-corrected chi connectivity index (χ4v) is 3.23. The van der Waals surface area contributed by atoms with Gasteiger partial charge in [0.25, 0.3) is 0 Å². The molecule has 0 atom stereocenters. The van der Waals surface area contributed by atoms with E-state index in [2.05, 4.69) is 5.29 Å². The minimum absolute atomic E-state index is 0.461. The van der Waals surface area contributed by atoms with E-state index in [9.17, 15) is 18.1 Å². The molecule has 2 aromatic rings. The third-order valence-electron chi connectivity index (χ3n) is 4.31. The van der Waals surface area contributed by atoms with E-state index in [1.165, 1.54) is 24.2 Å². The highest BCUT2D eigenvalue weighted by atomic mass is 35.5. The fraction of sp³-hybridized carbons (Fsp3) is 0.294. The van der Waals surface area contributed by atoms with Gasteiger partial charge in [-0.05, 0) is 47.9 Å². The molecule has 1 aliphatic rings. The minimum Gasteiger partial charge on any atom is -0.366 e. The number of fused-ring (bicyclic) bond motifs is 1. The van der Waals surface area contributed by atoms with Gasteiger partial charge in [-0.25, -0.2) is 5.01 Å². The Morgan fingerprint density at radius 3 is 2.56 bits per heavy atom. The molecule has 0 fully saturated rings. The zero-order valence-corrected chi connectivity index (χ0v) is 14.1. The number of hydrogen-bond donors (Lipinski definition) is 0. The lowest BCUT2D eigenvalue weighted by Gasteiger charge is -2.32. The van der Waals surface area contributed by atoms with Crippen LogP contribution in [-0.2, 0) is 19.1 Å². The molecule has 25 heavy (non-hydrogen) atoms. The van der Waals surface area contributed by atoms with Crippen LogP contribution >= 0.6 is 11.6 Å². The number of halogens is 4. The molecule has 0 saturated carbocycles. The van der Waals surface area contributed by atoms with Crippen LogP contribution in [0.5, 0.6) is 0 Å². The first-order valence-corrected chi connectivity index (χ1v) is 7.98. The molecule has 1 heterocycles. The molecule has 2 aromatic carbocycles. The Morgan fingerprint density at radius 2 is 1.92 bits per heavy atom. The molecule has 0 amide bonds. The van der Waals surface area contributed by atoms with Gasteiger partial charge in [-0.2, -0.15) is 13.2 Å². The van der Waals surface area contributed by atoms with Crippen molar-refractivity contribution in [1.82, 2.24) is 0 Å². The second kappa shape index (κ2) is 6.55. The molecule has 0 N–H and O–H groups in total. The summed E-state index contributed by atoms with van der Waals surface area (Å²) in [5.74, 6) is 0. The maximum Gasteiger partial charge on any atom is 0.416 e. The molecule has 0 unspecified atom stereocenters. The lowest BCUT2D eigenvalue weighted by atomic mass is 9.96. The summed E-state index contributed by atoms with van der Waals surface area (Å²) in [4.78, 5) is 12.6. The van der Waals surface area contributed by atoms with Crippen molar-refractivity contribution >= 4 is 23.0 Å². The Kier molecular flexibility index (Phi) is 4.60. The number of benzene rings is 2. The molecular weight excluding hydrogens is 355 g/mol. The van der Waals surface area contributed by atoms with Crippen LogP contribution < -0.4 is 9.91 Å². The summed E-state index contributed by atoms with van der Waals surface area (Å²) in [5.41, 5.74) is 2.28. The summed E-state index contributed by atoms with van der Waals surface area (Å²) in [6.45, 7) is 1.05. The van der Waals surface area contributed by atoms with Gasteiger partial charge in [0.15, 0.2) is 0 Å². The summed E-state index contributed by atoms with van der Waals surface area (Å²) in [6, 6.07) is 9.01. The molecule has 0 spiro atoms. The van der Waals surface area contributed by atoms with Gasteiger partial charge in [-0.15, -0.1) is 4.91 Å². The Bertz CT molecular complexity index is 810. The maximum atomic E-state index is 12.8. The molecule has 0 aromatic heterocycles. The molecule has 0 saturated heterocycles. The summed E-state index contributed by atoms with van der Waals surface area (Å²) >= 11 is 6.32. The third-order valence-corrected chi connectivity index (χ3v) is 4.62. The number of rotatable bonds is 3. The van der Waals surface area contributed by atoms with E-state index in [1.54, 1.807) is 18.2 Å². The van der Waals surface area contributed by atoms with Crippen molar-refractivity contribution < 1.29 is 13.2 Å². The van der Waals surface area contributed by atoms with Gasteiger partial charge < -0.3 is 4.90 Å². The normalized spacial score (nSPS) is 14.2. The van der Waals surface area contributed by atoms with E-state index >= 15 is 0 Å². The van der Waals surface area contributed by atoms with Crippen molar-refractivity contribution in [2.24, 2.45) is 5.29 Å². The van der Waals surface area contributed by atoms with Crippen molar-refractivity contribution in [1.29, 1.82) is 0 Å². The van der Waals surface area contributed by atoms with E-state index in [0.717, 1.165) is 17.3 Å². The first-order chi connectivity index (χ1) is 11.8. The van der Waals surface area contributed by atoms with Crippen molar-refractivity contribution in [3.63, 3.8) is 0 Å². The molecule has 132 valence electrons. The van der Waals surface area contributed by atoms with Crippen molar-refractivity contribution in [2.45, 2.75) is 19.1 Å². The largest absolute Gasteiger partial charge is 0.416 e. The lowest BCUT2D eigenvalue weighted by Crippen LogP contribution is -2.30. The maximum absolute atomic E-state index is 12.8. The molecule has 3 rings (SSSR count). The topological polar surface area (TPSA) is 35.9 Å². The van der Waals surface area contributed by atoms with Crippen LogP contribution in [0.4, 0.5) is 24.5 Å². The lowest BCUT2D eigenvalue weighted by molar-refractivity contribution is -0.137. The highest BCUT2D eigenvalue weighted by Crippen LogP contribution is 2.35. The molecule has 8 heteroatoms. The summed E-state index contributed by atoms with van der Waals surface area (Å²) in [5, 5.41) is 4.45. The predicted octanol–water partition coefficient (Wildman–Crippen LogP) is 5.04. The molecule has 0 aliphatic carbocycles. The van der Waals surface area contributed by atoms with Gasteiger partial charge in [0.1, 0.15) is 0 Å². The van der Waals surface area contributed by atoms with E-state index in [0.29, 0.717) is 35.8 Å².